The largest absolute Gasteiger partial charge is 0.472 e. The lowest BCUT2D eigenvalue weighted by Gasteiger charge is -2.21. The first-order chi connectivity index (χ1) is 50.6. The molecule has 0 bridgehead atoms. The molecule has 0 fully saturated rings. The van der Waals surface area contributed by atoms with Crippen molar-refractivity contribution in [3.63, 3.8) is 0 Å². The van der Waals surface area contributed by atoms with Crippen molar-refractivity contribution in [1.82, 2.24) is 0 Å². The van der Waals surface area contributed by atoms with Crippen molar-refractivity contribution in [3.8, 4) is 0 Å². The van der Waals surface area contributed by atoms with Crippen LogP contribution in [0.25, 0.3) is 0 Å². The summed E-state index contributed by atoms with van der Waals surface area (Å²) >= 11 is 0. The van der Waals surface area contributed by atoms with E-state index in [-0.39, 0.29) is 25.7 Å². The summed E-state index contributed by atoms with van der Waals surface area (Å²) in [5.41, 5.74) is 0. The molecule has 3 unspecified atom stereocenters. The maximum Gasteiger partial charge on any atom is 0.472 e. The SMILES string of the molecule is CCCCCCCCCCCCCCCCCCCCCCC(=O)OC[C@H](COP(=O)(O)OC[C@@H](O)COP(=O)(O)OC[C@@H](COC(=O)CCCCCCCCC)OC(=O)CCCCCCCCCCCCCCCCC)OC(=O)CCCCCCCCCCCCCCCCCCCCC(C)CC. The Morgan fingerprint density at radius 2 is 0.462 bits per heavy atom. The van der Waals surface area contributed by atoms with E-state index >= 15 is 0 Å². The average molecular weight is 1520 g/mol. The number of esters is 4. The van der Waals surface area contributed by atoms with Crippen LogP contribution in [0.3, 0.4) is 0 Å². The lowest BCUT2D eigenvalue weighted by molar-refractivity contribution is -0.161. The molecule has 17 nitrogen and oxygen atoms in total. The molecule has 0 aliphatic rings. The Hall–Kier alpha value is -1.94. The summed E-state index contributed by atoms with van der Waals surface area (Å²) < 4.78 is 68.7. The number of ether oxygens (including phenoxy) is 4. The van der Waals surface area contributed by atoms with Crippen molar-refractivity contribution < 1.29 is 80.2 Å². The molecule has 0 aromatic carbocycles. The Morgan fingerprint density at radius 1 is 0.269 bits per heavy atom. The molecule has 0 rings (SSSR count). The smallest absolute Gasteiger partial charge is 0.462 e. The van der Waals surface area contributed by atoms with Gasteiger partial charge in [0.2, 0.25) is 0 Å². The maximum atomic E-state index is 13.1. The third-order valence-electron chi connectivity index (χ3n) is 20.4. The minimum atomic E-state index is -4.96. The molecule has 0 aliphatic carbocycles. The van der Waals surface area contributed by atoms with Gasteiger partial charge in [-0.1, -0.05) is 407 Å². The first-order valence-electron chi connectivity index (χ1n) is 44.2. The first-order valence-corrected chi connectivity index (χ1v) is 47.2. The predicted molar refractivity (Wildman–Crippen MR) is 428 cm³/mol. The highest BCUT2D eigenvalue weighted by molar-refractivity contribution is 7.47. The maximum absolute atomic E-state index is 13.1. The summed E-state index contributed by atoms with van der Waals surface area (Å²) in [5, 5.41) is 10.6. The highest BCUT2D eigenvalue weighted by Crippen LogP contribution is 2.45. The van der Waals surface area contributed by atoms with Gasteiger partial charge in [0.05, 0.1) is 26.4 Å². The number of aliphatic hydroxyl groups is 1. The molecule has 3 N–H and O–H groups in total. The van der Waals surface area contributed by atoms with E-state index in [1.807, 2.05) is 0 Å². The Morgan fingerprint density at radius 3 is 0.683 bits per heavy atom. The molecule has 0 aromatic heterocycles. The number of carbonyl (C=O) groups excluding carboxylic acids is 4. The van der Waals surface area contributed by atoms with Crippen molar-refractivity contribution >= 4 is 39.5 Å². The van der Waals surface area contributed by atoms with E-state index in [0.29, 0.717) is 25.7 Å². The van der Waals surface area contributed by atoms with Gasteiger partial charge in [0.1, 0.15) is 19.3 Å². The summed E-state index contributed by atoms with van der Waals surface area (Å²) in [6.45, 7) is 7.38. The highest BCUT2D eigenvalue weighted by Gasteiger charge is 2.30. The van der Waals surface area contributed by atoms with E-state index in [4.69, 9.17) is 37.0 Å². The molecule has 0 aliphatic heterocycles. The van der Waals surface area contributed by atoms with Gasteiger partial charge in [0.15, 0.2) is 12.2 Å². The molecule has 0 aromatic rings. The van der Waals surface area contributed by atoms with Crippen molar-refractivity contribution in [1.29, 1.82) is 0 Å². The molecule has 0 spiro atoms. The van der Waals surface area contributed by atoms with E-state index < -0.39 is 97.5 Å². The van der Waals surface area contributed by atoms with Crippen LogP contribution in [0.2, 0.25) is 0 Å². The number of phosphoric acid groups is 2. The Kier molecular flexibility index (Phi) is 76.3. The zero-order chi connectivity index (χ0) is 76.2. The molecule has 618 valence electrons. The fourth-order valence-electron chi connectivity index (χ4n) is 13.3. The number of unbranched alkanes of at least 4 members (excludes halogenated alkanes) is 56. The fourth-order valence-corrected chi connectivity index (χ4v) is 14.8. The van der Waals surface area contributed by atoms with Crippen LogP contribution in [0, 0.1) is 5.92 Å². The first kappa shape index (κ1) is 102. The topological polar surface area (TPSA) is 237 Å². The monoisotopic (exact) mass is 1520 g/mol. The number of hydrogen-bond donors (Lipinski definition) is 3. The molecule has 0 amide bonds. The molecule has 0 radical (unpaired) electrons. The summed E-state index contributed by atoms with van der Waals surface area (Å²) in [4.78, 5) is 73.0. The van der Waals surface area contributed by atoms with Crippen LogP contribution in [0.1, 0.15) is 458 Å². The zero-order valence-electron chi connectivity index (χ0n) is 68.2. The normalized spacial score (nSPS) is 14.0. The van der Waals surface area contributed by atoms with Crippen LogP contribution in [0.4, 0.5) is 0 Å². The standard InChI is InChI=1S/C85H166O17P2/c1-6-10-13-16-19-21-23-25-27-28-29-30-34-38-41-45-49-54-59-64-69-83(88)96-75-81(102-85(90)71-66-61-56-51-47-43-39-35-32-31-33-37-40-44-48-53-57-62-67-78(5)9-4)77-100-104(93,94)98-73-79(86)72-97-103(91,92)99-76-80(74-95-82(87)68-63-58-52-18-15-12-8-3)101-84(89)70-65-60-55-50-46-42-36-26-24-22-20-17-14-11-7-2/h78-81,86H,6-77H2,1-5H3,(H,91,92)(H,93,94)/t78?,79-,80+,81+/m0/s1. The molecule has 0 heterocycles. The van der Waals surface area contributed by atoms with Gasteiger partial charge in [0, 0.05) is 25.7 Å². The molecule has 6 atom stereocenters. The van der Waals surface area contributed by atoms with Gasteiger partial charge in [-0.05, 0) is 31.6 Å². The zero-order valence-corrected chi connectivity index (χ0v) is 70.0. The predicted octanol–water partition coefficient (Wildman–Crippen LogP) is 26.0. The number of rotatable bonds is 85. The second-order valence-electron chi connectivity index (χ2n) is 30.8. The van der Waals surface area contributed by atoms with Crippen LogP contribution in [0.15, 0.2) is 0 Å². The van der Waals surface area contributed by atoms with E-state index in [1.54, 1.807) is 0 Å². The Balaban J connectivity index is 5.16. The van der Waals surface area contributed by atoms with Crippen molar-refractivity contribution in [2.24, 2.45) is 5.92 Å². The van der Waals surface area contributed by atoms with Gasteiger partial charge < -0.3 is 33.8 Å². The van der Waals surface area contributed by atoms with Gasteiger partial charge in [0.25, 0.3) is 0 Å². The molecule has 0 saturated carbocycles. The van der Waals surface area contributed by atoms with E-state index in [9.17, 15) is 43.2 Å². The van der Waals surface area contributed by atoms with Crippen molar-refractivity contribution in [2.75, 3.05) is 39.6 Å². The van der Waals surface area contributed by atoms with E-state index in [1.165, 1.54) is 270 Å². The summed E-state index contributed by atoms with van der Waals surface area (Å²) in [6, 6.07) is 0. The summed E-state index contributed by atoms with van der Waals surface area (Å²) in [6.07, 6.45) is 71.0. The summed E-state index contributed by atoms with van der Waals surface area (Å²) in [5.74, 6) is -1.24. The van der Waals surface area contributed by atoms with Gasteiger partial charge in [-0.3, -0.25) is 37.3 Å². The Labute approximate surface area is 638 Å². The lowest BCUT2D eigenvalue weighted by atomic mass is 9.99. The minimum absolute atomic E-state index is 0.108. The molecular weight excluding hydrogens is 1350 g/mol. The van der Waals surface area contributed by atoms with Gasteiger partial charge in [-0.25, -0.2) is 9.13 Å². The molecule has 104 heavy (non-hydrogen) atoms. The number of carbonyl (C=O) groups is 4. The third-order valence-corrected chi connectivity index (χ3v) is 22.3. The number of aliphatic hydroxyl groups excluding tert-OH is 1. The quantitative estimate of drug-likeness (QED) is 0.0222. The van der Waals surface area contributed by atoms with Crippen molar-refractivity contribution in [3.05, 3.63) is 0 Å². The molecule has 19 heteroatoms. The average Bonchev–Trinajstić information content (AvgIpc) is 0.905. The van der Waals surface area contributed by atoms with Gasteiger partial charge >= 0.3 is 39.5 Å². The second kappa shape index (κ2) is 77.8. The summed E-state index contributed by atoms with van der Waals surface area (Å²) in [7, 11) is -9.92. The van der Waals surface area contributed by atoms with Crippen LogP contribution in [-0.4, -0.2) is 96.7 Å². The Bertz CT molecular complexity index is 1980. The van der Waals surface area contributed by atoms with Crippen LogP contribution in [0.5, 0.6) is 0 Å². The number of hydrogen-bond acceptors (Lipinski definition) is 15. The van der Waals surface area contributed by atoms with Gasteiger partial charge in [-0.15, -0.1) is 0 Å². The lowest BCUT2D eigenvalue weighted by Crippen LogP contribution is -2.30. The second-order valence-corrected chi connectivity index (χ2v) is 33.7. The minimum Gasteiger partial charge on any atom is -0.462 e. The molecular formula is C85H166O17P2. The molecule has 0 saturated heterocycles. The third kappa shape index (κ3) is 76.8. The number of phosphoric ester groups is 2. The fraction of sp³-hybridized carbons (Fsp3) is 0.953. The van der Waals surface area contributed by atoms with E-state index in [0.717, 1.165) is 109 Å². The highest BCUT2D eigenvalue weighted by atomic mass is 31.2. The van der Waals surface area contributed by atoms with Gasteiger partial charge in [-0.2, -0.15) is 0 Å². The van der Waals surface area contributed by atoms with Crippen molar-refractivity contribution in [2.45, 2.75) is 477 Å². The van der Waals surface area contributed by atoms with Crippen LogP contribution >= 0.6 is 15.6 Å². The van der Waals surface area contributed by atoms with Crippen LogP contribution in [-0.2, 0) is 65.4 Å². The van der Waals surface area contributed by atoms with E-state index in [2.05, 4.69) is 34.6 Å². The van der Waals surface area contributed by atoms with Crippen LogP contribution < -0.4 is 0 Å².